The van der Waals surface area contributed by atoms with Gasteiger partial charge >= 0.3 is 0 Å². The fraction of sp³-hybridized carbons (Fsp3) is 0. The number of hydrogen-bond donors (Lipinski definition) is 0. The minimum Gasteiger partial charge on any atom is -0.456 e. The number of para-hydroxylation sites is 1. The van der Waals surface area contributed by atoms with Crippen LogP contribution < -0.4 is 0 Å². The Hall–Kier alpha value is -7.17. The number of furan rings is 1. The van der Waals surface area contributed by atoms with Crippen molar-refractivity contribution in [2.45, 2.75) is 0 Å². The molecule has 0 atom stereocenters. The monoisotopic (exact) mass is 677 g/mol. The van der Waals surface area contributed by atoms with E-state index in [0.717, 1.165) is 66.4 Å². The van der Waals surface area contributed by atoms with Crippen molar-refractivity contribution in [3.63, 3.8) is 0 Å². The molecule has 0 aliphatic rings. The summed E-state index contributed by atoms with van der Waals surface area (Å²) < 4.78 is 6.11. The maximum Gasteiger partial charge on any atom is 0.164 e. The van der Waals surface area contributed by atoms with Crippen LogP contribution in [0.15, 0.2) is 192 Å². The molecule has 0 aliphatic carbocycles. The highest BCUT2D eigenvalue weighted by Gasteiger charge is 2.15. The van der Waals surface area contributed by atoms with Gasteiger partial charge in [-0.2, -0.15) is 0 Å². The number of nitrogens with zero attached hydrogens (tertiary/aromatic N) is 3. The summed E-state index contributed by atoms with van der Waals surface area (Å²) >= 11 is 0. The summed E-state index contributed by atoms with van der Waals surface area (Å²) in [6, 6.07) is 65.3. The lowest BCUT2D eigenvalue weighted by molar-refractivity contribution is 0.669. The molecule has 0 N–H and O–H groups in total. The molecule has 8 aromatic carbocycles. The van der Waals surface area contributed by atoms with Gasteiger partial charge in [0.2, 0.25) is 0 Å². The van der Waals surface area contributed by atoms with Crippen molar-refractivity contribution >= 4 is 32.7 Å². The standard InChI is InChI=1S/C49H31N3O/c1-2-10-32(11-3-1)37-14-8-16-41(29-37)48-50-47(35-23-20-34(21-24-35)39-25-22-33-12-4-5-13-36(33)28-39)51-49(52-48)42-17-9-15-38(30-42)40-26-27-46-44(31-40)43-18-6-7-19-45(43)53-46/h1-31H. The lowest BCUT2D eigenvalue weighted by atomic mass is 10.00. The van der Waals surface area contributed by atoms with E-state index in [0.29, 0.717) is 17.5 Å². The number of benzene rings is 8. The Morgan fingerprint density at radius 2 is 0.736 bits per heavy atom. The molecule has 248 valence electrons. The average molecular weight is 678 g/mol. The summed E-state index contributed by atoms with van der Waals surface area (Å²) in [7, 11) is 0. The van der Waals surface area contributed by atoms with Crippen molar-refractivity contribution in [2.75, 3.05) is 0 Å². The highest BCUT2D eigenvalue weighted by molar-refractivity contribution is 6.06. The second kappa shape index (κ2) is 12.9. The molecule has 4 heteroatoms. The van der Waals surface area contributed by atoms with Crippen molar-refractivity contribution in [1.82, 2.24) is 15.0 Å². The van der Waals surface area contributed by atoms with Crippen LogP contribution in [0.1, 0.15) is 0 Å². The zero-order chi connectivity index (χ0) is 35.1. The number of rotatable bonds is 6. The number of fused-ring (bicyclic) bond motifs is 4. The number of aromatic nitrogens is 3. The van der Waals surface area contributed by atoms with Crippen LogP contribution in [0.25, 0.3) is 100 Å². The van der Waals surface area contributed by atoms with Gasteiger partial charge in [-0.15, -0.1) is 0 Å². The largest absolute Gasteiger partial charge is 0.456 e. The predicted octanol–water partition coefficient (Wildman–Crippen LogP) is 12.9. The molecular weight excluding hydrogens is 647 g/mol. The average Bonchev–Trinajstić information content (AvgIpc) is 3.62. The van der Waals surface area contributed by atoms with Gasteiger partial charge in [0, 0.05) is 27.5 Å². The maximum absolute atomic E-state index is 6.11. The lowest BCUT2D eigenvalue weighted by Gasteiger charge is -2.11. The fourth-order valence-corrected chi connectivity index (χ4v) is 7.16. The summed E-state index contributed by atoms with van der Waals surface area (Å²) in [5.74, 6) is 1.86. The molecule has 0 saturated heterocycles. The van der Waals surface area contributed by atoms with E-state index in [1.807, 2.05) is 24.3 Å². The summed E-state index contributed by atoms with van der Waals surface area (Å²) in [5.41, 5.74) is 11.3. The van der Waals surface area contributed by atoms with E-state index in [4.69, 9.17) is 19.4 Å². The van der Waals surface area contributed by atoms with Gasteiger partial charge in [-0.25, -0.2) is 15.0 Å². The van der Waals surface area contributed by atoms with E-state index in [1.165, 1.54) is 16.3 Å². The molecular formula is C49H31N3O. The van der Waals surface area contributed by atoms with Crippen LogP contribution in [0, 0.1) is 0 Å². The van der Waals surface area contributed by atoms with Gasteiger partial charge in [0.1, 0.15) is 11.2 Å². The van der Waals surface area contributed by atoms with Gasteiger partial charge in [-0.1, -0.05) is 152 Å². The van der Waals surface area contributed by atoms with Gasteiger partial charge in [-0.05, 0) is 80.6 Å². The minimum absolute atomic E-state index is 0.616. The van der Waals surface area contributed by atoms with E-state index >= 15 is 0 Å². The first-order valence-electron chi connectivity index (χ1n) is 17.8. The third kappa shape index (κ3) is 5.82. The molecule has 0 fully saturated rings. The van der Waals surface area contributed by atoms with Gasteiger partial charge in [0.05, 0.1) is 0 Å². The first-order chi connectivity index (χ1) is 26.2. The molecule has 2 aromatic heterocycles. The van der Waals surface area contributed by atoms with Crippen molar-refractivity contribution in [3.8, 4) is 67.5 Å². The zero-order valence-electron chi connectivity index (χ0n) is 28.6. The summed E-state index contributed by atoms with van der Waals surface area (Å²) in [6.45, 7) is 0. The van der Waals surface area contributed by atoms with E-state index < -0.39 is 0 Å². The van der Waals surface area contributed by atoms with Gasteiger partial charge < -0.3 is 4.42 Å². The molecule has 0 unspecified atom stereocenters. The van der Waals surface area contributed by atoms with Crippen LogP contribution in [0.2, 0.25) is 0 Å². The molecule has 0 bridgehead atoms. The SMILES string of the molecule is c1ccc(-c2cccc(-c3nc(-c4ccc(-c5ccc6ccccc6c5)cc4)nc(-c4cccc(-c5ccc6oc7ccccc7c6c5)c4)n3)c2)cc1. The van der Waals surface area contributed by atoms with Crippen molar-refractivity contribution in [2.24, 2.45) is 0 Å². The Kier molecular flexibility index (Phi) is 7.43. The molecule has 0 spiro atoms. The Morgan fingerprint density at radius 1 is 0.264 bits per heavy atom. The van der Waals surface area contributed by atoms with E-state index in [2.05, 4.69) is 164 Å². The maximum atomic E-state index is 6.11. The first kappa shape index (κ1) is 30.6. The number of hydrogen-bond acceptors (Lipinski definition) is 4. The topological polar surface area (TPSA) is 51.8 Å². The van der Waals surface area contributed by atoms with Crippen LogP contribution in [0.4, 0.5) is 0 Å². The van der Waals surface area contributed by atoms with Crippen LogP contribution >= 0.6 is 0 Å². The predicted molar refractivity (Wildman–Crippen MR) is 217 cm³/mol. The van der Waals surface area contributed by atoms with Crippen LogP contribution in [0.3, 0.4) is 0 Å². The Bertz CT molecular complexity index is 2950. The van der Waals surface area contributed by atoms with Crippen molar-refractivity contribution in [3.05, 3.63) is 188 Å². The highest BCUT2D eigenvalue weighted by atomic mass is 16.3. The van der Waals surface area contributed by atoms with E-state index in [1.54, 1.807) is 0 Å². The molecule has 0 amide bonds. The van der Waals surface area contributed by atoms with Gasteiger partial charge in [-0.3, -0.25) is 0 Å². The summed E-state index contributed by atoms with van der Waals surface area (Å²) in [4.78, 5) is 15.3. The fourth-order valence-electron chi connectivity index (χ4n) is 7.16. The molecule has 4 nitrogen and oxygen atoms in total. The van der Waals surface area contributed by atoms with Crippen LogP contribution in [-0.2, 0) is 0 Å². The minimum atomic E-state index is 0.616. The van der Waals surface area contributed by atoms with Gasteiger partial charge in [0.25, 0.3) is 0 Å². The molecule has 0 radical (unpaired) electrons. The van der Waals surface area contributed by atoms with Crippen molar-refractivity contribution < 1.29 is 4.42 Å². The molecule has 10 rings (SSSR count). The smallest absolute Gasteiger partial charge is 0.164 e. The van der Waals surface area contributed by atoms with E-state index in [-0.39, 0.29) is 0 Å². The molecule has 0 saturated carbocycles. The molecule has 0 aliphatic heterocycles. The highest BCUT2D eigenvalue weighted by Crippen LogP contribution is 2.35. The van der Waals surface area contributed by atoms with Crippen LogP contribution in [-0.4, -0.2) is 15.0 Å². The lowest BCUT2D eigenvalue weighted by Crippen LogP contribution is -2.00. The summed E-state index contributed by atoms with van der Waals surface area (Å²) in [5, 5.41) is 4.66. The Morgan fingerprint density at radius 3 is 1.49 bits per heavy atom. The van der Waals surface area contributed by atoms with Crippen LogP contribution in [0.5, 0.6) is 0 Å². The normalized spacial score (nSPS) is 11.4. The third-order valence-corrected chi connectivity index (χ3v) is 9.92. The third-order valence-electron chi connectivity index (χ3n) is 9.92. The van der Waals surface area contributed by atoms with Crippen molar-refractivity contribution in [1.29, 1.82) is 0 Å². The van der Waals surface area contributed by atoms with Gasteiger partial charge in [0.15, 0.2) is 17.5 Å². The second-order valence-corrected chi connectivity index (χ2v) is 13.3. The Balaban J connectivity index is 1.08. The second-order valence-electron chi connectivity index (χ2n) is 13.3. The molecule has 10 aromatic rings. The molecule has 2 heterocycles. The zero-order valence-corrected chi connectivity index (χ0v) is 28.6. The summed E-state index contributed by atoms with van der Waals surface area (Å²) in [6.07, 6.45) is 0. The first-order valence-corrected chi connectivity index (χ1v) is 17.8. The Labute approximate surface area is 306 Å². The molecule has 53 heavy (non-hydrogen) atoms. The van der Waals surface area contributed by atoms with E-state index in [9.17, 15) is 0 Å². The quantitative estimate of drug-likeness (QED) is 0.176.